The van der Waals surface area contributed by atoms with E-state index in [0.717, 1.165) is 25.2 Å². The van der Waals surface area contributed by atoms with Crippen molar-refractivity contribution >= 4 is 17.0 Å². The zero-order valence-electron chi connectivity index (χ0n) is 17.8. The predicted molar refractivity (Wildman–Crippen MR) is 115 cm³/mol. The number of benzene rings is 1. The van der Waals surface area contributed by atoms with E-state index in [2.05, 4.69) is 20.4 Å². The fourth-order valence-corrected chi connectivity index (χ4v) is 4.37. The molecule has 2 aromatic heterocycles. The van der Waals surface area contributed by atoms with Crippen LogP contribution in [0, 0.1) is 6.92 Å². The number of carbonyl (C=O) groups is 1. The number of fused-ring (bicyclic) bond motifs is 2. The second-order valence-electron chi connectivity index (χ2n) is 8.33. The van der Waals surface area contributed by atoms with Crippen LogP contribution in [-0.2, 0) is 0 Å². The first-order chi connectivity index (χ1) is 15.1. The summed E-state index contributed by atoms with van der Waals surface area (Å²) in [5, 5.41) is 7.98. The molecule has 31 heavy (non-hydrogen) atoms. The Morgan fingerprint density at radius 2 is 1.97 bits per heavy atom. The molecule has 0 radical (unpaired) electrons. The minimum atomic E-state index is -0.148. The molecule has 1 N–H and O–H groups in total. The highest BCUT2D eigenvalue weighted by Crippen LogP contribution is 2.38. The molecule has 1 saturated heterocycles. The zero-order chi connectivity index (χ0) is 21.4. The van der Waals surface area contributed by atoms with E-state index in [1.807, 2.05) is 32.0 Å². The number of pyridine rings is 1. The van der Waals surface area contributed by atoms with E-state index in [0.29, 0.717) is 39.6 Å². The topological polar surface area (TPSA) is 89.7 Å². The maximum absolute atomic E-state index is 13.3. The average molecular weight is 422 g/mol. The first kappa shape index (κ1) is 19.8. The van der Waals surface area contributed by atoms with Crippen molar-refractivity contribution in [1.82, 2.24) is 20.4 Å². The van der Waals surface area contributed by atoms with E-state index in [4.69, 9.17) is 14.0 Å². The highest BCUT2D eigenvalue weighted by Gasteiger charge is 2.24. The number of nitrogens with one attached hydrogen (secondary N) is 1. The summed E-state index contributed by atoms with van der Waals surface area (Å²) in [6.45, 7) is 7.12. The number of aryl methyl sites for hydroxylation is 1. The number of aromatic nitrogens is 2. The van der Waals surface area contributed by atoms with Gasteiger partial charge in [-0.3, -0.25) is 4.79 Å². The van der Waals surface area contributed by atoms with Crippen molar-refractivity contribution in [2.24, 2.45) is 0 Å². The summed E-state index contributed by atoms with van der Waals surface area (Å²) >= 11 is 0. The first-order valence-electron chi connectivity index (χ1n) is 10.8. The van der Waals surface area contributed by atoms with Gasteiger partial charge >= 0.3 is 0 Å². The van der Waals surface area contributed by atoms with Gasteiger partial charge in [0.2, 0.25) is 6.79 Å². The molecule has 1 atom stereocenters. The molecule has 1 amide bonds. The van der Waals surface area contributed by atoms with Crippen molar-refractivity contribution in [3.63, 3.8) is 0 Å². The highest BCUT2D eigenvalue weighted by atomic mass is 16.7. The number of likely N-dealkylation sites (tertiary alicyclic amines) is 1. The van der Waals surface area contributed by atoms with Crippen LogP contribution in [0.1, 0.15) is 42.2 Å². The summed E-state index contributed by atoms with van der Waals surface area (Å²) in [5.74, 6) is 1.19. The Balaban J connectivity index is 1.45. The van der Waals surface area contributed by atoms with E-state index in [9.17, 15) is 4.79 Å². The van der Waals surface area contributed by atoms with Gasteiger partial charge in [-0.05, 0) is 64.0 Å². The number of hydrogen-bond donors (Lipinski definition) is 1. The summed E-state index contributed by atoms with van der Waals surface area (Å²) in [7, 11) is 0. The molecule has 162 valence electrons. The van der Waals surface area contributed by atoms with Crippen LogP contribution in [0.25, 0.3) is 22.4 Å². The van der Waals surface area contributed by atoms with Crippen LogP contribution < -0.4 is 14.8 Å². The van der Waals surface area contributed by atoms with Crippen LogP contribution in [0.4, 0.5) is 0 Å². The predicted octanol–water partition coefficient (Wildman–Crippen LogP) is 3.53. The lowest BCUT2D eigenvalue weighted by atomic mass is 10.0. The van der Waals surface area contributed by atoms with E-state index < -0.39 is 0 Å². The van der Waals surface area contributed by atoms with Crippen molar-refractivity contribution in [2.45, 2.75) is 39.2 Å². The maximum atomic E-state index is 13.3. The van der Waals surface area contributed by atoms with Gasteiger partial charge in [-0.15, -0.1) is 0 Å². The number of nitrogens with zero attached hydrogens (tertiary/aromatic N) is 3. The molecule has 8 heteroatoms. The molecular weight excluding hydrogens is 396 g/mol. The summed E-state index contributed by atoms with van der Waals surface area (Å²) in [6, 6.07) is 7.38. The fraction of sp³-hybridized carbons (Fsp3) is 0.435. The van der Waals surface area contributed by atoms with E-state index in [1.54, 1.807) is 6.07 Å². The molecule has 0 aliphatic carbocycles. The standard InChI is InChI=1S/C23H26N4O4/c1-14-10-17(22(28)24-15(2)12-27-8-4-3-5-9-27)20-21(26-31-23(20)25-14)16-6-7-18-19(11-16)30-13-29-18/h6-7,10-11,15H,3-5,8-9,12-13H2,1-2H3,(H,24,28)/t15-/m0/s1. The Kier molecular flexibility index (Phi) is 5.23. The van der Waals surface area contributed by atoms with Gasteiger partial charge in [0.05, 0.1) is 10.9 Å². The Morgan fingerprint density at radius 1 is 1.16 bits per heavy atom. The van der Waals surface area contributed by atoms with Gasteiger partial charge in [-0.1, -0.05) is 11.6 Å². The van der Waals surface area contributed by atoms with Gasteiger partial charge in [0.25, 0.3) is 11.6 Å². The molecule has 3 aromatic rings. The van der Waals surface area contributed by atoms with Gasteiger partial charge in [-0.25, -0.2) is 4.98 Å². The third-order valence-corrected chi connectivity index (χ3v) is 5.82. The third kappa shape index (κ3) is 3.95. The molecule has 0 spiro atoms. The molecule has 5 rings (SSSR count). The van der Waals surface area contributed by atoms with Gasteiger partial charge in [0.15, 0.2) is 11.5 Å². The first-order valence-corrected chi connectivity index (χ1v) is 10.8. The van der Waals surface area contributed by atoms with Crippen molar-refractivity contribution in [3.05, 3.63) is 35.5 Å². The number of rotatable bonds is 5. The number of amides is 1. The molecule has 0 bridgehead atoms. The maximum Gasteiger partial charge on any atom is 0.259 e. The number of ether oxygens (including phenoxy) is 2. The average Bonchev–Trinajstić information content (AvgIpc) is 3.39. The van der Waals surface area contributed by atoms with E-state index >= 15 is 0 Å². The second kappa shape index (κ2) is 8.19. The monoisotopic (exact) mass is 422 g/mol. The summed E-state index contributed by atoms with van der Waals surface area (Å²) < 4.78 is 16.4. The van der Waals surface area contributed by atoms with Crippen LogP contribution in [0.3, 0.4) is 0 Å². The van der Waals surface area contributed by atoms with E-state index in [1.165, 1.54) is 19.3 Å². The van der Waals surface area contributed by atoms with Crippen LogP contribution in [0.15, 0.2) is 28.8 Å². The normalized spacial score (nSPS) is 17.1. The Morgan fingerprint density at radius 3 is 2.81 bits per heavy atom. The van der Waals surface area contributed by atoms with Crippen molar-refractivity contribution in [2.75, 3.05) is 26.4 Å². The largest absolute Gasteiger partial charge is 0.454 e. The van der Waals surface area contributed by atoms with Crippen LogP contribution >= 0.6 is 0 Å². The Labute approximate surface area is 180 Å². The van der Waals surface area contributed by atoms with Crippen LogP contribution in [-0.4, -0.2) is 53.4 Å². The lowest BCUT2D eigenvalue weighted by molar-refractivity contribution is 0.0927. The van der Waals surface area contributed by atoms with Gasteiger partial charge < -0.3 is 24.2 Å². The molecule has 8 nitrogen and oxygen atoms in total. The number of piperidine rings is 1. The lowest BCUT2D eigenvalue weighted by Gasteiger charge is -2.29. The highest BCUT2D eigenvalue weighted by molar-refractivity contribution is 6.09. The third-order valence-electron chi connectivity index (χ3n) is 5.82. The molecule has 1 fully saturated rings. The quantitative estimate of drug-likeness (QED) is 0.673. The minimum absolute atomic E-state index is 0.0305. The zero-order valence-corrected chi connectivity index (χ0v) is 17.8. The van der Waals surface area contributed by atoms with Crippen molar-refractivity contribution in [1.29, 1.82) is 0 Å². The summed E-state index contributed by atoms with van der Waals surface area (Å²) in [6.07, 6.45) is 3.75. The molecule has 1 aromatic carbocycles. The fourth-order valence-electron chi connectivity index (χ4n) is 4.37. The van der Waals surface area contributed by atoms with Gasteiger partial charge in [0, 0.05) is 23.8 Å². The summed E-state index contributed by atoms with van der Waals surface area (Å²) in [4.78, 5) is 20.1. The lowest BCUT2D eigenvalue weighted by Crippen LogP contribution is -2.43. The van der Waals surface area contributed by atoms with Crippen LogP contribution in [0.2, 0.25) is 0 Å². The van der Waals surface area contributed by atoms with Crippen molar-refractivity contribution in [3.8, 4) is 22.8 Å². The molecule has 4 heterocycles. The molecule has 0 saturated carbocycles. The SMILES string of the molecule is Cc1cc(C(=O)N[C@@H](C)CN2CCCCC2)c2c(-c3ccc4c(c3)OCO4)noc2n1. The van der Waals surface area contributed by atoms with Crippen LogP contribution in [0.5, 0.6) is 11.5 Å². The smallest absolute Gasteiger partial charge is 0.259 e. The van der Waals surface area contributed by atoms with Crippen molar-refractivity contribution < 1.29 is 18.8 Å². The molecule has 2 aliphatic heterocycles. The molecule has 2 aliphatic rings. The molecular formula is C23H26N4O4. The number of carbonyl (C=O) groups excluding carboxylic acids is 1. The van der Waals surface area contributed by atoms with E-state index in [-0.39, 0.29) is 18.7 Å². The van der Waals surface area contributed by atoms with Gasteiger partial charge in [-0.2, -0.15) is 0 Å². The number of hydrogen-bond acceptors (Lipinski definition) is 7. The minimum Gasteiger partial charge on any atom is -0.454 e. The van der Waals surface area contributed by atoms with Gasteiger partial charge in [0.1, 0.15) is 5.69 Å². The summed E-state index contributed by atoms with van der Waals surface area (Å²) in [5.41, 5.74) is 2.91. The molecule has 0 unspecified atom stereocenters. The Bertz CT molecular complexity index is 1120. The Hall–Kier alpha value is -3.13. The second-order valence-corrected chi connectivity index (χ2v) is 8.33.